The summed E-state index contributed by atoms with van der Waals surface area (Å²) in [6, 6.07) is 0. The molecule has 0 radical (unpaired) electrons. The average molecular weight is 807 g/mol. The fourth-order valence-corrected chi connectivity index (χ4v) is 0. The van der Waals surface area contributed by atoms with Gasteiger partial charge in [-0.25, -0.2) is 0 Å². The molecule has 0 aromatic carbocycles. The molecular formula is H17Fe7MoNS9-4. The van der Waals surface area contributed by atoms with Gasteiger partial charge in [-0.15, -0.1) is 0 Å². The maximum atomic E-state index is 0. The molecule has 0 heterocycles. The Morgan fingerprint density at radius 1 is 0.278 bits per heavy atom. The predicted molar refractivity (Wildman–Crippen MR) is 92.5 cm³/mol. The Morgan fingerprint density at radius 2 is 0.278 bits per heavy atom. The van der Waals surface area contributed by atoms with Crippen molar-refractivity contribution in [3.05, 3.63) is 6.15 Å². The minimum Gasteiger partial charge on any atom is -0.813 e. The van der Waals surface area contributed by atoms with Gasteiger partial charge in [0.05, 0.1) is 0 Å². The first-order valence-electron chi connectivity index (χ1n) is 0. The molecule has 0 rings (SSSR count). The number of hydrogen-bond donors (Lipinski definition) is 0. The van der Waals surface area contributed by atoms with Crippen LogP contribution in [0, 0.1) is 0 Å². The number of nitrogens with two attached hydrogens (primary N) is 1. The zero-order valence-electron chi connectivity index (χ0n) is 7.88. The molecule has 0 aliphatic rings. The molecule has 0 spiro atoms. The van der Waals surface area contributed by atoms with Crippen LogP contribution in [-0.2, 0) is 262 Å². The Hall–Kier alpha value is 7.43. The van der Waals surface area contributed by atoms with Gasteiger partial charge in [-0.3, -0.25) is 0 Å². The quantitative estimate of drug-likeness (QED) is 0.111. The molecule has 0 aromatic heterocycles. The number of rotatable bonds is 0. The first-order chi connectivity index (χ1) is 0. The van der Waals surface area contributed by atoms with Crippen molar-refractivity contribution in [2.24, 2.45) is 0 Å². The summed E-state index contributed by atoms with van der Waals surface area (Å²) >= 11 is 0. The maximum absolute atomic E-state index is 0. The van der Waals surface area contributed by atoms with Gasteiger partial charge in [0.15, 0.2) is 0 Å². The van der Waals surface area contributed by atoms with Crippen LogP contribution in [0.1, 0.15) is 0 Å². The van der Waals surface area contributed by atoms with Gasteiger partial charge < -0.3 is 87.1 Å². The van der Waals surface area contributed by atoms with Gasteiger partial charge >= 0.3 is 0 Å². The van der Waals surface area contributed by atoms with Crippen LogP contribution < -0.4 is 0 Å². The van der Waals surface area contributed by atoms with E-state index in [1.807, 2.05) is 0 Å². The van der Waals surface area contributed by atoms with Crippen LogP contribution in [0.5, 0.6) is 0 Å². The molecule has 0 saturated heterocycles. The van der Waals surface area contributed by atoms with E-state index in [2.05, 4.69) is 0 Å². The minimum absolute atomic E-state index is 0. The standard InChI is InChI=1S/7Fe.Mo.H2N.9H2S/h;;;;;;;;10*1H2/q;;;;;;;;-1;;;;;;;;;/p-3. The van der Waals surface area contributed by atoms with Crippen molar-refractivity contribution in [3.8, 4) is 0 Å². The van der Waals surface area contributed by atoms with Gasteiger partial charge in [0.1, 0.15) is 0 Å². The normalized spacial score (nSPS) is 0. The molecular weight excluding hydrogens is 789 g/mol. The van der Waals surface area contributed by atoms with Gasteiger partial charge in [0.2, 0.25) is 0 Å². The molecule has 0 unspecified atom stereocenters. The maximum Gasteiger partial charge on any atom is 0 e. The van der Waals surface area contributed by atoms with E-state index in [0.29, 0.717) is 0 Å². The van der Waals surface area contributed by atoms with Gasteiger partial charge in [0, 0.05) is 141 Å². The fraction of sp³-hybridized carbons (Fsp3) is 0. The van der Waals surface area contributed by atoms with Crippen LogP contribution in [0.4, 0.5) is 0 Å². The molecule has 2 N–H and O–H groups in total. The second-order valence-corrected chi connectivity index (χ2v) is 0. The van der Waals surface area contributed by atoms with Gasteiger partial charge in [0.25, 0.3) is 0 Å². The van der Waals surface area contributed by atoms with E-state index in [0.717, 1.165) is 0 Å². The van der Waals surface area contributed by atoms with Crippen molar-refractivity contribution in [2.75, 3.05) is 0 Å². The van der Waals surface area contributed by atoms with Crippen molar-refractivity contribution in [1.29, 1.82) is 0 Å². The summed E-state index contributed by atoms with van der Waals surface area (Å²) in [6.45, 7) is 0. The second kappa shape index (κ2) is 243. The molecule has 0 aliphatic carbocycles. The topological polar surface area (TPSA) is 33.5 Å². The molecule has 0 aliphatic heterocycles. The van der Waals surface area contributed by atoms with Crippen molar-refractivity contribution < 1.29 is 141 Å². The molecule has 18 heavy (non-hydrogen) atoms. The first-order valence-corrected chi connectivity index (χ1v) is 0. The summed E-state index contributed by atoms with van der Waals surface area (Å²) in [5.41, 5.74) is 0. The van der Waals surface area contributed by atoms with Crippen molar-refractivity contribution in [2.45, 2.75) is 0 Å². The predicted octanol–water partition coefficient (Wildman–Crippen LogP) is -3.34. The number of hydrogen-bond acceptors (Lipinski definition) is 6. The largest absolute Gasteiger partial charge is 0.813 e. The summed E-state index contributed by atoms with van der Waals surface area (Å²) in [6.07, 6.45) is 0. The number of thiol groups is 6. The second-order valence-electron chi connectivity index (χ2n) is 0. The molecule has 1 nitrogen and oxygen atoms in total. The summed E-state index contributed by atoms with van der Waals surface area (Å²) in [7, 11) is 0. The summed E-state index contributed by atoms with van der Waals surface area (Å²) in [5.74, 6) is 0. The smallest absolute Gasteiger partial charge is 0 e. The van der Waals surface area contributed by atoms with Crippen molar-refractivity contribution in [3.63, 3.8) is 0 Å². The zero-order valence-corrected chi connectivity index (χ0v) is 26.4. The van der Waals surface area contributed by atoms with Crippen LogP contribution in [0.3, 0.4) is 0 Å². The molecule has 142 valence electrons. The van der Waals surface area contributed by atoms with E-state index in [1.54, 1.807) is 0 Å². The first kappa shape index (κ1) is 275. The Morgan fingerprint density at radius 3 is 0.278 bits per heavy atom. The molecule has 0 amide bonds. The molecule has 18 heteroatoms. The van der Waals surface area contributed by atoms with Crippen LogP contribution in [0.25, 0.3) is 6.15 Å². The van der Waals surface area contributed by atoms with Crippen LogP contribution in [0.2, 0.25) is 0 Å². The van der Waals surface area contributed by atoms with Crippen molar-refractivity contribution in [1.82, 2.24) is 0 Å². The van der Waals surface area contributed by atoms with E-state index in [9.17, 15) is 0 Å². The summed E-state index contributed by atoms with van der Waals surface area (Å²) in [4.78, 5) is 0. The van der Waals surface area contributed by atoms with E-state index < -0.39 is 0 Å². The Kier molecular flexibility index (Phi) is 3710. The Labute approximate surface area is 263 Å². The molecule has 0 aromatic rings. The fourth-order valence-electron chi connectivity index (χ4n) is 0. The zero-order chi connectivity index (χ0) is 0. The minimum atomic E-state index is 0. The molecule has 0 atom stereocenters. The van der Waals surface area contributed by atoms with Gasteiger partial charge in [-0.1, -0.05) is 40.5 Å². The third-order valence-electron chi connectivity index (χ3n) is 0. The SMILES string of the molecule is [Fe].[Fe].[Fe].[Fe].[Fe].[Fe].[Fe].[Mo].[NH2-].[SH-].[SH-].[SH-].[SH-].[SH-].[SH-].[SH3+].[SH3+].[SH3+]. The van der Waals surface area contributed by atoms with Crippen LogP contribution in [-0.4, -0.2) is 0 Å². The third kappa shape index (κ3) is 213. The third-order valence-corrected chi connectivity index (χ3v) is 0. The molecule has 0 bridgehead atoms. The Bertz CT molecular complexity index is 26.9. The van der Waals surface area contributed by atoms with Crippen LogP contribution in [0.15, 0.2) is 0 Å². The van der Waals surface area contributed by atoms with E-state index in [1.165, 1.54) is 0 Å². The van der Waals surface area contributed by atoms with Gasteiger partial charge in [-0.2, -0.15) is 0 Å². The summed E-state index contributed by atoms with van der Waals surface area (Å²) < 4.78 is 0. The monoisotopic (exact) mass is 808 g/mol. The van der Waals surface area contributed by atoms with E-state index in [-0.39, 0.29) is 268 Å². The van der Waals surface area contributed by atoms with E-state index in [4.69, 9.17) is 0 Å². The summed E-state index contributed by atoms with van der Waals surface area (Å²) in [5, 5.41) is 0. The Balaban J connectivity index is 0. The van der Waals surface area contributed by atoms with E-state index >= 15 is 0 Å². The molecule has 0 saturated carbocycles. The van der Waals surface area contributed by atoms with Gasteiger partial charge in [-0.05, 0) is 0 Å². The van der Waals surface area contributed by atoms with Crippen LogP contribution >= 0.6 is 0 Å². The average Bonchev–Trinajstić information content (AvgIpc) is 0. The van der Waals surface area contributed by atoms with Crippen molar-refractivity contribution >= 4 is 121 Å². The molecule has 0 fully saturated rings.